The van der Waals surface area contributed by atoms with Gasteiger partial charge in [0.05, 0.1) is 13.2 Å². The molecule has 0 unspecified atom stereocenters. The van der Waals surface area contributed by atoms with E-state index in [4.69, 9.17) is 33.3 Å². The Hall–Kier alpha value is -3.12. The van der Waals surface area contributed by atoms with Crippen LogP contribution in [0.5, 0.6) is 0 Å². The molecule has 1 aromatic heterocycles. The number of pyridine rings is 1. The molecule has 52 heavy (non-hydrogen) atoms. The lowest BCUT2D eigenvalue weighted by Crippen LogP contribution is -2.49. The molecular formula is C43H63N3O4Si2. The Bertz CT molecular complexity index is 1500. The van der Waals surface area contributed by atoms with Crippen molar-refractivity contribution in [3.63, 3.8) is 0 Å². The van der Waals surface area contributed by atoms with Crippen molar-refractivity contribution in [2.24, 2.45) is 9.98 Å². The normalized spacial score (nSPS) is 21.0. The minimum atomic E-state index is -2.11. The van der Waals surface area contributed by atoms with E-state index in [0.29, 0.717) is 69.6 Å². The van der Waals surface area contributed by atoms with Gasteiger partial charge in [-0.25, -0.2) is 15.0 Å². The van der Waals surface area contributed by atoms with E-state index in [1.165, 1.54) is 0 Å². The Kier molecular flexibility index (Phi) is 13.0. The van der Waals surface area contributed by atoms with Crippen LogP contribution in [0.25, 0.3) is 0 Å². The van der Waals surface area contributed by atoms with Gasteiger partial charge in [0.2, 0.25) is 11.8 Å². The first-order valence-electron chi connectivity index (χ1n) is 19.6. The summed E-state index contributed by atoms with van der Waals surface area (Å²) in [4.78, 5) is 15.4. The first kappa shape index (κ1) is 40.1. The standard InChI is InChI=1S/C43H63N3O4Si2/c1-28(2)51(29(3)4,30(5)6)47-26-38-40(34-20-15-13-16-21-34)49-42(45-38)36-24-19-25-37(44-36)43-46-39(41(50-43)35-22-17-14-18-23-35)27-48-52(31(7)8,32(9)10)33(11)12/h13-25,28-33,38-41H,26-27H2,1-12H3/t38-,39-,40-,41-/m0/s1. The number of benzene rings is 2. The Morgan fingerprint density at radius 1 is 0.481 bits per heavy atom. The van der Waals surface area contributed by atoms with Gasteiger partial charge in [-0.15, -0.1) is 0 Å². The molecule has 0 spiro atoms. The van der Waals surface area contributed by atoms with Gasteiger partial charge in [-0.1, -0.05) is 150 Å². The Morgan fingerprint density at radius 3 is 1.12 bits per heavy atom. The average Bonchev–Trinajstić information content (AvgIpc) is 3.74. The fraction of sp³-hybridized carbons (Fsp3) is 0.558. The van der Waals surface area contributed by atoms with Gasteiger partial charge >= 0.3 is 0 Å². The second-order valence-electron chi connectivity index (χ2n) is 16.6. The van der Waals surface area contributed by atoms with Crippen molar-refractivity contribution in [1.82, 2.24) is 4.98 Å². The summed E-state index contributed by atoms with van der Waals surface area (Å²) in [6.45, 7) is 28.9. The van der Waals surface area contributed by atoms with Gasteiger partial charge in [0.25, 0.3) is 0 Å². The number of rotatable bonds is 16. The van der Waals surface area contributed by atoms with Crippen LogP contribution in [0.2, 0.25) is 33.2 Å². The van der Waals surface area contributed by atoms with Crippen molar-refractivity contribution < 1.29 is 18.3 Å². The zero-order chi connectivity index (χ0) is 37.8. The first-order valence-corrected chi connectivity index (χ1v) is 23.8. The van der Waals surface area contributed by atoms with E-state index in [2.05, 4.69) is 132 Å². The highest BCUT2D eigenvalue weighted by Gasteiger charge is 2.48. The Balaban J connectivity index is 1.45. The molecule has 0 N–H and O–H groups in total. The summed E-state index contributed by atoms with van der Waals surface area (Å²) < 4.78 is 27.5. The predicted molar refractivity (Wildman–Crippen MR) is 219 cm³/mol. The summed E-state index contributed by atoms with van der Waals surface area (Å²) in [6.07, 6.45) is -0.535. The highest BCUT2D eigenvalue weighted by molar-refractivity contribution is 6.78. The van der Waals surface area contributed by atoms with Crippen LogP contribution in [0.4, 0.5) is 0 Å². The third-order valence-electron chi connectivity index (χ3n) is 11.6. The monoisotopic (exact) mass is 741 g/mol. The highest BCUT2D eigenvalue weighted by Crippen LogP contribution is 2.45. The van der Waals surface area contributed by atoms with Crippen LogP contribution >= 0.6 is 0 Å². The van der Waals surface area contributed by atoms with Gasteiger partial charge in [-0.05, 0) is 56.5 Å². The maximum absolute atomic E-state index is 7.08. The molecule has 282 valence electrons. The molecule has 3 aromatic rings. The van der Waals surface area contributed by atoms with Gasteiger partial charge in [0, 0.05) is 0 Å². The fourth-order valence-electron chi connectivity index (χ4n) is 9.40. The summed E-state index contributed by atoms with van der Waals surface area (Å²) in [5.41, 5.74) is 6.36. The largest absolute Gasteiger partial charge is 0.466 e. The third kappa shape index (κ3) is 8.03. The summed E-state index contributed by atoms with van der Waals surface area (Å²) in [5, 5.41) is 0. The number of hydrogen-bond acceptors (Lipinski definition) is 7. The molecule has 0 aliphatic carbocycles. The van der Waals surface area contributed by atoms with Crippen LogP contribution < -0.4 is 0 Å². The smallest absolute Gasteiger partial charge is 0.236 e. The molecule has 3 heterocycles. The summed E-state index contributed by atoms with van der Waals surface area (Å²) in [7, 11) is -4.23. The second-order valence-corrected chi connectivity index (χ2v) is 27.5. The Labute approximate surface area is 315 Å². The quantitative estimate of drug-likeness (QED) is 0.137. The molecule has 0 bridgehead atoms. The van der Waals surface area contributed by atoms with Crippen LogP contribution in [0, 0.1) is 0 Å². The van der Waals surface area contributed by atoms with E-state index in [0.717, 1.165) is 11.1 Å². The zero-order valence-corrected chi connectivity index (χ0v) is 35.7. The summed E-state index contributed by atoms with van der Waals surface area (Å²) >= 11 is 0. The minimum Gasteiger partial charge on any atom is -0.466 e. The second kappa shape index (κ2) is 16.9. The van der Waals surface area contributed by atoms with Crippen molar-refractivity contribution in [2.45, 2.75) is 141 Å². The summed E-state index contributed by atoms with van der Waals surface area (Å²) in [6, 6.07) is 26.2. The van der Waals surface area contributed by atoms with Crippen LogP contribution in [-0.2, 0) is 18.3 Å². The van der Waals surface area contributed by atoms with Gasteiger partial charge in [0.15, 0.2) is 28.8 Å². The maximum Gasteiger partial charge on any atom is 0.236 e. The van der Waals surface area contributed by atoms with Gasteiger partial charge < -0.3 is 18.3 Å². The van der Waals surface area contributed by atoms with E-state index in [1.54, 1.807) is 0 Å². The molecule has 0 saturated carbocycles. The lowest BCUT2D eigenvalue weighted by Gasteiger charge is -2.42. The molecule has 9 heteroatoms. The minimum absolute atomic E-state index is 0.192. The number of nitrogens with zero attached hydrogens (tertiary/aromatic N) is 3. The molecule has 4 atom stereocenters. The molecule has 2 aliphatic heterocycles. The van der Waals surface area contributed by atoms with Crippen LogP contribution in [-0.4, -0.2) is 58.7 Å². The van der Waals surface area contributed by atoms with E-state index in [9.17, 15) is 0 Å². The SMILES string of the molecule is CC(C)[Si](OC[C@@H]1N=C(c2cccc(C3=N[C@@H](CO[Si](C(C)C)(C(C)C)C(C)C)[C@H](c4ccccc4)O3)n2)O[C@H]1c1ccccc1)(C(C)C)C(C)C. The van der Waals surface area contributed by atoms with E-state index >= 15 is 0 Å². The lowest BCUT2D eigenvalue weighted by atomic mass is 10.0. The number of hydrogen-bond donors (Lipinski definition) is 0. The number of aromatic nitrogens is 1. The zero-order valence-electron chi connectivity index (χ0n) is 33.7. The molecule has 0 saturated heterocycles. The van der Waals surface area contributed by atoms with Crippen molar-refractivity contribution in [3.8, 4) is 0 Å². The molecule has 2 aromatic carbocycles. The topological polar surface area (TPSA) is 74.5 Å². The first-order chi connectivity index (χ1) is 24.7. The van der Waals surface area contributed by atoms with Gasteiger partial charge in [-0.3, -0.25) is 0 Å². The fourth-order valence-corrected chi connectivity index (χ4v) is 20.3. The molecular weight excluding hydrogens is 679 g/mol. The average molecular weight is 742 g/mol. The van der Waals surface area contributed by atoms with Gasteiger partial charge in [-0.2, -0.15) is 0 Å². The summed E-state index contributed by atoms with van der Waals surface area (Å²) in [5.74, 6) is 1.05. The van der Waals surface area contributed by atoms with Crippen molar-refractivity contribution in [3.05, 3.63) is 101 Å². The van der Waals surface area contributed by atoms with E-state index in [-0.39, 0.29) is 24.3 Å². The Morgan fingerprint density at radius 2 is 0.808 bits per heavy atom. The molecule has 5 rings (SSSR count). The van der Waals surface area contributed by atoms with Crippen molar-refractivity contribution in [1.29, 1.82) is 0 Å². The number of aliphatic imine (C=N–C) groups is 2. The van der Waals surface area contributed by atoms with E-state index < -0.39 is 16.6 Å². The molecule has 7 nitrogen and oxygen atoms in total. The third-order valence-corrected chi connectivity index (χ3v) is 23.8. The lowest BCUT2D eigenvalue weighted by molar-refractivity contribution is 0.151. The van der Waals surface area contributed by atoms with Crippen LogP contribution in [0.15, 0.2) is 88.8 Å². The molecule has 0 fully saturated rings. The molecule has 0 radical (unpaired) electrons. The molecule has 0 amide bonds. The highest BCUT2D eigenvalue weighted by atomic mass is 28.4. The van der Waals surface area contributed by atoms with Crippen LogP contribution in [0.3, 0.4) is 0 Å². The van der Waals surface area contributed by atoms with Crippen molar-refractivity contribution in [2.75, 3.05) is 13.2 Å². The van der Waals surface area contributed by atoms with Crippen molar-refractivity contribution >= 4 is 28.4 Å². The predicted octanol–water partition coefficient (Wildman–Crippen LogP) is 11.2. The molecule has 2 aliphatic rings. The van der Waals surface area contributed by atoms with E-state index in [1.807, 2.05) is 30.3 Å². The van der Waals surface area contributed by atoms with Crippen LogP contribution in [0.1, 0.15) is 118 Å². The maximum atomic E-state index is 7.08. The van der Waals surface area contributed by atoms with Gasteiger partial charge in [0.1, 0.15) is 23.5 Å². The number of ether oxygens (including phenoxy) is 2.